The molecule has 1 aliphatic heterocycles. The van der Waals surface area contributed by atoms with E-state index in [2.05, 4.69) is 20.6 Å². The number of aromatic amines is 1. The standard InChI is InChI=1S/C12H18N4OS.2ClH/c1-9-11(16-8-15-9)7-18-6-5-14-12(17)10-3-2-4-13-10;;/h2-3,8,10,13H,4-7H2,1H3,(H,14,17)(H,15,16);2*1H. The van der Waals surface area contributed by atoms with Gasteiger partial charge in [0.05, 0.1) is 12.0 Å². The molecule has 3 N–H and O–H groups in total. The van der Waals surface area contributed by atoms with Crippen molar-refractivity contribution in [2.24, 2.45) is 0 Å². The van der Waals surface area contributed by atoms with Crippen LogP contribution in [-0.4, -0.2) is 40.8 Å². The monoisotopic (exact) mass is 338 g/mol. The zero-order chi connectivity index (χ0) is 12.8. The second kappa shape index (κ2) is 10.1. The lowest BCUT2D eigenvalue weighted by atomic mass is 10.3. The van der Waals surface area contributed by atoms with Crippen LogP contribution in [0.4, 0.5) is 0 Å². The van der Waals surface area contributed by atoms with Gasteiger partial charge in [0.2, 0.25) is 5.91 Å². The molecule has 1 unspecified atom stereocenters. The number of thioether (sulfide) groups is 1. The number of amides is 1. The van der Waals surface area contributed by atoms with Crippen LogP contribution in [0.1, 0.15) is 11.4 Å². The third-order valence-electron chi connectivity index (χ3n) is 2.79. The second-order valence-corrected chi connectivity index (χ2v) is 5.24. The molecule has 0 aliphatic carbocycles. The van der Waals surface area contributed by atoms with Gasteiger partial charge in [0.25, 0.3) is 0 Å². The summed E-state index contributed by atoms with van der Waals surface area (Å²) in [5.41, 5.74) is 2.21. The van der Waals surface area contributed by atoms with E-state index in [9.17, 15) is 4.79 Å². The molecule has 0 fully saturated rings. The molecular formula is C12H20Cl2N4OS. The fourth-order valence-electron chi connectivity index (χ4n) is 1.71. The molecule has 8 heteroatoms. The molecule has 0 saturated heterocycles. The van der Waals surface area contributed by atoms with E-state index in [1.807, 2.05) is 19.1 Å². The van der Waals surface area contributed by atoms with Crippen LogP contribution >= 0.6 is 36.6 Å². The Morgan fingerprint density at radius 2 is 2.35 bits per heavy atom. The summed E-state index contributed by atoms with van der Waals surface area (Å²) in [5, 5.41) is 6.00. The number of aromatic nitrogens is 2. The molecule has 0 radical (unpaired) electrons. The molecule has 0 bridgehead atoms. The van der Waals surface area contributed by atoms with Gasteiger partial charge in [0, 0.05) is 30.3 Å². The van der Waals surface area contributed by atoms with Crippen LogP contribution in [0.5, 0.6) is 0 Å². The Balaban J connectivity index is 0.00000180. The molecule has 1 atom stereocenters. The summed E-state index contributed by atoms with van der Waals surface area (Å²) >= 11 is 1.77. The van der Waals surface area contributed by atoms with E-state index in [0.717, 1.165) is 29.4 Å². The number of hydrogen-bond acceptors (Lipinski definition) is 4. The number of imidazole rings is 1. The van der Waals surface area contributed by atoms with Gasteiger partial charge < -0.3 is 10.3 Å². The zero-order valence-electron chi connectivity index (χ0n) is 11.2. The third kappa shape index (κ3) is 5.75. The van der Waals surface area contributed by atoms with Gasteiger partial charge in [0.15, 0.2) is 0 Å². The highest BCUT2D eigenvalue weighted by molar-refractivity contribution is 7.98. The zero-order valence-corrected chi connectivity index (χ0v) is 13.7. The van der Waals surface area contributed by atoms with Crippen LogP contribution < -0.4 is 10.6 Å². The lowest BCUT2D eigenvalue weighted by molar-refractivity contribution is -0.121. The fourth-order valence-corrected chi connectivity index (χ4v) is 2.58. The SMILES string of the molecule is Cc1[nH]cnc1CSCCNC(=O)C1C=CCN1.Cl.Cl. The summed E-state index contributed by atoms with van der Waals surface area (Å²) in [4.78, 5) is 18.9. The van der Waals surface area contributed by atoms with Crippen molar-refractivity contribution in [3.63, 3.8) is 0 Å². The largest absolute Gasteiger partial charge is 0.354 e. The first-order valence-corrected chi connectivity index (χ1v) is 7.17. The first-order valence-electron chi connectivity index (χ1n) is 6.01. The Bertz CT molecular complexity index is 439. The van der Waals surface area contributed by atoms with Crippen molar-refractivity contribution in [2.45, 2.75) is 18.7 Å². The minimum Gasteiger partial charge on any atom is -0.354 e. The van der Waals surface area contributed by atoms with Crippen molar-refractivity contribution in [1.82, 2.24) is 20.6 Å². The van der Waals surface area contributed by atoms with Crippen molar-refractivity contribution in [3.05, 3.63) is 29.9 Å². The lowest BCUT2D eigenvalue weighted by Crippen LogP contribution is -2.41. The van der Waals surface area contributed by atoms with Crippen molar-refractivity contribution in [1.29, 1.82) is 0 Å². The summed E-state index contributed by atoms with van der Waals surface area (Å²) in [6, 6.07) is -0.149. The molecule has 1 aromatic rings. The number of rotatable bonds is 6. The molecule has 1 amide bonds. The molecule has 2 heterocycles. The molecule has 0 spiro atoms. The number of H-pyrrole nitrogens is 1. The van der Waals surface area contributed by atoms with Gasteiger partial charge in [-0.3, -0.25) is 10.1 Å². The summed E-state index contributed by atoms with van der Waals surface area (Å²) in [5.74, 6) is 1.83. The van der Waals surface area contributed by atoms with Crippen molar-refractivity contribution < 1.29 is 4.79 Å². The van der Waals surface area contributed by atoms with E-state index in [1.54, 1.807) is 18.1 Å². The van der Waals surface area contributed by atoms with E-state index >= 15 is 0 Å². The number of carbonyl (C=O) groups is 1. The predicted octanol–water partition coefficient (Wildman–Crippen LogP) is 1.44. The average molecular weight is 339 g/mol. The van der Waals surface area contributed by atoms with E-state index < -0.39 is 0 Å². The van der Waals surface area contributed by atoms with Crippen molar-refractivity contribution in [3.8, 4) is 0 Å². The molecule has 114 valence electrons. The first-order chi connectivity index (χ1) is 8.77. The highest BCUT2D eigenvalue weighted by Gasteiger charge is 2.16. The van der Waals surface area contributed by atoms with E-state index in [1.165, 1.54) is 0 Å². The predicted molar refractivity (Wildman–Crippen MR) is 87.9 cm³/mol. The molecule has 2 rings (SSSR count). The smallest absolute Gasteiger partial charge is 0.241 e. The quantitative estimate of drug-likeness (QED) is 0.542. The molecule has 1 aliphatic rings. The van der Waals surface area contributed by atoms with Gasteiger partial charge >= 0.3 is 0 Å². The third-order valence-corrected chi connectivity index (χ3v) is 3.76. The summed E-state index contributed by atoms with van der Waals surface area (Å²) in [6.07, 6.45) is 5.58. The van der Waals surface area contributed by atoms with Crippen molar-refractivity contribution >= 4 is 42.5 Å². The maximum Gasteiger partial charge on any atom is 0.241 e. The molecular weight excluding hydrogens is 319 g/mol. The summed E-state index contributed by atoms with van der Waals surface area (Å²) in [7, 11) is 0. The van der Waals surface area contributed by atoms with Crippen LogP contribution in [0.2, 0.25) is 0 Å². The van der Waals surface area contributed by atoms with E-state index in [4.69, 9.17) is 0 Å². The molecule has 0 saturated carbocycles. The van der Waals surface area contributed by atoms with E-state index in [0.29, 0.717) is 6.54 Å². The first kappa shape index (κ1) is 19.3. The molecule has 1 aromatic heterocycles. The molecule has 20 heavy (non-hydrogen) atoms. The van der Waals surface area contributed by atoms with Gasteiger partial charge in [-0.15, -0.1) is 24.8 Å². The number of aryl methyl sites for hydroxylation is 1. The Hall–Kier alpha value is -0.690. The summed E-state index contributed by atoms with van der Waals surface area (Å²) < 4.78 is 0. The van der Waals surface area contributed by atoms with Gasteiger partial charge in [-0.25, -0.2) is 4.98 Å². The topological polar surface area (TPSA) is 69.8 Å². The summed E-state index contributed by atoms with van der Waals surface area (Å²) in [6.45, 7) is 3.49. The van der Waals surface area contributed by atoms with Crippen molar-refractivity contribution in [2.75, 3.05) is 18.8 Å². The number of nitrogens with one attached hydrogen (secondary N) is 3. The number of nitrogens with zero attached hydrogens (tertiary/aromatic N) is 1. The van der Waals surface area contributed by atoms with Crippen LogP contribution in [0, 0.1) is 6.92 Å². The molecule has 0 aromatic carbocycles. The number of halogens is 2. The Kier molecular flexibility index (Phi) is 9.75. The fraction of sp³-hybridized carbons (Fsp3) is 0.500. The van der Waals surface area contributed by atoms with Crippen LogP contribution in [0.3, 0.4) is 0 Å². The van der Waals surface area contributed by atoms with Gasteiger partial charge in [-0.05, 0) is 6.92 Å². The second-order valence-electron chi connectivity index (χ2n) is 4.13. The average Bonchev–Trinajstić information content (AvgIpc) is 3.00. The Morgan fingerprint density at radius 3 is 2.95 bits per heavy atom. The highest BCUT2D eigenvalue weighted by Crippen LogP contribution is 2.11. The maximum atomic E-state index is 11.6. The van der Waals surface area contributed by atoms with Crippen LogP contribution in [0.25, 0.3) is 0 Å². The van der Waals surface area contributed by atoms with Crippen LogP contribution in [0.15, 0.2) is 18.5 Å². The van der Waals surface area contributed by atoms with Gasteiger partial charge in [-0.1, -0.05) is 12.2 Å². The minimum atomic E-state index is -0.149. The van der Waals surface area contributed by atoms with Gasteiger partial charge in [-0.2, -0.15) is 11.8 Å². The van der Waals surface area contributed by atoms with Crippen LogP contribution in [-0.2, 0) is 10.5 Å². The van der Waals surface area contributed by atoms with E-state index in [-0.39, 0.29) is 36.8 Å². The number of carbonyl (C=O) groups excluding carboxylic acids is 1. The highest BCUT2D eigenvalue weighted by atomic mass is 35.5. The number of hydrogen-bond donors (Lipinski definition) is 3. The molecule has 5 nitrogen and oxygen atoms in total. The normalized spacial score (nSPS) is 16.4. The minimum absolute atomic E-state index is 0. The lowest BCUT2D eigenvalue weighted by Gasteiger charge is -2.09. The maximum absolute atomic E-state index is 11.6. The van der Waals surface area contributed by atoms with Gasteiger partial charge in [0.1, 0.15) is 6.04 Å². The Labute approximate surface area is 135 Å². The Morgan fingerprint density at radius 1 is 1.55 bits per heavy atom.